The van der Waals surface area contributed by atoms with Crippen molar-refractivity contribution in [3.8, 4) is 17.2 Å². The van der Waals surface area contributed by atoms with E-state index in [0.29, 0.717) is 18.8 Å². The first-order chi connectivity index (χ1) is 16.0. The zero-order valence-electron chi connectivity index (χ0n) is 19.1. The Morgan fingerprint density at radius 1 is 1.03 bits per heavy atom. The van der Waals surface area contributed by atoms with Crippen LogP contribution in [0.1, 0.15) is 54.7 Å². The topological polar surface area (TPSA) is 63.1 Å². The van der Waals surface area contributed by atoms with Crippen molar-refractivity contribution in [2.75, 3.05) is 13.7 Å². The summed E-state index contributed by atoms with van der Waals surface area (Å²) in [5.41, 5.74) is 5.07. The maximum atomic E-state index is 11.0. The highest BCUT2D eigenvalue weighted by atomic mass is 79.9. The van der Waals surface area contributed by atoms with Gasteiger partial charge in [-0.2, -0.15) is 0 Å². The van der Waals surface area contributed by atoms with Gasteiger partial charge >= 0.3 is 0 Å². The lowest BCUT2D eigenvalue weighted by atomic mass is 9.92. The highest BCUT2D eigenvalue weighted by molar-refractivity contribution is 9.10. The first-order valence-electron chi connectivity index (χ1n) is 11.2. The van der Waals surface area contributed by atoms with Crippen molar-refractivity contribution < 1.29 is 14.6 Å². The molecule has 0 amide bonds. The van der Waals surface area contributed by atoms with Gasteiger partial charge < -0.3 is 14.6 Å². The van der Waals surface area contributed by atoms with Crippen LogP contribution < -0.4 is 14.8 Å². The van der Waals surface area contributed by atoms with Crippen LogP contribution in [0, 0.1) is 0 Å². The van der Waals surface area contributed by atoms with Gasteiger partial charge in [-0.15, -0.1) is 0 Å². The van der Waals surface area contributed by atoms with E-state index in [9.17, 15) is 5.11 Å². The first kappa shape index (κ1) is 23.3. The molecule has 4 rings (SSSR count). The quantitative estimate of drug-likeness (QED) is 0.390. The smallest absolute Gasteiger partial charge is 0.162 e. The number of aromatic hydroxyl groups is 1. The van der Waals surface area contributed by atoms with Crippen LogP contribution in [-0.2, 0) is 6.42 Å². The third-order valence-electron chi connectivity index (χ3n) is 5.93. The van der Waals surface area contributed by atoms with E-state index in [0.717, 1.165) is 39.0 Å². The molecule has 3 aromatic rings. The zero-order valence-corrected chi connectivity index (χ0v) is 20.7. The van der Waals surface area contributed by atoms with Gasteiger partial charge in [0.2, 0.25) is 0 Å². The van der Waals surface area contributed by atoms with Crippen LogP contribution in [0.5, 0.6) is 17.2 Å². The average molecular weight is 509 g/mol. The number of benzene rings is 3. The minimum Gasteiger partial charge on any atom is -0.504 e. The fourth-order valence-electron chi connectivity index (χ4n) is 4.18. The molecule has 0 aliphatic carbocycles. The van der Waals surface area contributed by atoms with Gasteiger partial charge in [-0.25, -0.2) is 0 Å². The van der Waals surface area contributed by atoms with Crippen LogP contribution >= 0.6 is 15.9 Å². The van der Waals surface area contributed by atoms with Crippen molar-refractivity contribution >= 4 is 21.6 Å². The van der Waals surface area contributed by atoms with Crippen molar-refractivity contribution in [1.29, 1.82) is 0 Å². The predicted molar refractivity (Wildman–Crippen MR) is 136 cm³/mol. The third-order valence-corrected chi connectivity index (χ3v) is 6.42. The number of aliphatic imine (C=N–C) groups is 1. The number of nitrogens with one attached hydrogen (secondary N) is 1. The van der Waals surface area contributed by atoms with E-state index in [1.54, 1.807) is 13.2 Å². The second kappa shape index (κ2) is 10.4. The summed E-state index contributed by atoms with van der Waals surface area (Å²) in [6, 6.07) is 20.0. The number of hydrogen-bond donors (Lipinski definition) is 2. The molecule has 33 heavy (non-hydrogen) atoms. The van der Waals surface area contributed by atoms with E-state index in [2.05, 4.69) is 52.4 Å². The van der Waals surface area contributed by atoms with Crippen molar-refractivity contribution in [2.24, 2.45) is 4.99 Å². The van der Waals surface area contributed by atoms with E-state index >= 15 is 0 Å². The number of methoxy groups -OCH3 is 1. The molecular formula is C27H29BrN2O3. The molecule has 2 N–H and O–H groups in total. The minimum absolute atomic E-state index is 0.155. The van der Waals surface area contributed by atoms with Crippen molar-refractivity contribution in [1.82, 2.24) is 5.32 Å². The number of rotatable bonds is 7. The largest absolute Gasteiger partial charge is 0.504 e. The molecule has 0 aromatic heterocycles. The van der Waals surface area contributed by atoms with Crippen LogP contribution in [0.2, 0.25) is 0 Å². The molecule has 0 saturated heterocycles. The van der Waals surface area contributed by atoms with E-state index < -0.39 is 0 Å². The summed E-state index contributed by atoms with van der Waals surface area (Å²) in [7, 11) is 1.67. The van der Waals surface area contributed by atoms with Crippen molar-refractivity contribution in [2.45, 2.75) is 38.9 Å². The minimum atomic E-state index is -0.341. The Morgan fingerprint density at radius 3 is 2.52 bits per heavy atom. The molecule has 1 heterocycles. The monoisotopic (exact) mass is 508 g/mol. The van der Waals surface area contributed by atoms with Crippen LogP contribution in [-0.4, -0.2) is 24.5 Å². The molecule has 1 aliphatic rings. The highest BCUT2D eigenvalue weighted by Crippen LogP contribution is 2.40. The first-order valence-corrected chi connectivity index (χ1v) is 12.0. The summed E-state index contributed by atoms with van der Waals surface area (Å²) in [5, 5.41) is 14.6. The third kappa shape index (κ3) is 5.07. The number of phenols is 1. The summed E-state index contributed by atoms with van der Waals surface area (Å²) in [6.07, 6.45) is 1.29. The van der Waals surface area contributed by atoms with Gasteiger partial charge in [0.05, 0.1) is 13.7 Å². The standard InChI is InChI=1S/C27H29BrN2O3/c1-4-17-9-11-18(12-10-17)22-16-23(20-7-6-8-25(26(20)31)33-5-2)30-27(29-22)21-15-19(28)13-14-24(21)32-3/h6-15,23,27,30-31H,4-5,16H2,1-3H3/t23-,27+/m0/s1. The second-order valence-electron chi connectivity index (χ2n) is 7.97. The molecule has 0 bridgehead atoms. The van der Waals surface area contributed by atoms with Gasteiger partial charge in [0, 0.05) is 33.8 Å². The number of phenolic OH excluding ortho intramolecular Hbond substituents is 1. The Kier molecular flexibility index (Phi) is 7.36. The molecular weight excluding hydrogens is 480 g/mol. The molecule has 0 fully saturated rings. The molecule has 1 aliphatic heterocycles. The van der Waals surface area contributed by atoms with E-state index in [1.165, 1.54) is 5.56 Å². The number of ether oxygens (including phenoxy) is 2. The SMILES string of the molecule is CCOc1cccc([C@@H]2CC(c3ccc(CC)cc3)=N[C@@H](c3cc(Br)ccc3OC)N2)c1O. The summed E-state index contributed by atoms with van der Waals surface area (Å²) in [6.45, 7) is 4.55. The van der Waals surface area contributed by atoms with Crippen LogP contribution in [0.15, 0.2) is 70.1 Å². The van der Waals surface area contributed by atoms with Crippen LogP contribution in [0.4, 0.5) is 0 Å². The fraction of sp³-hybridized carbons (Fsp3) is 0.296. The zero-order chi connectivity index (χ0) is 23.4. The van der Waals surface area contributed by atoms with Gasteiger partial charge in [-0.05, 0) is 48.7 Å². The number of nitrogens with zero attached hydrogens (tertiary/aromatic N) is 1. The second-order valence-corrected chi connectivity index (χ2v) is 8.88. The van der Waals surface area contributed by atoms with Crippen LogP contribution in [0.3, 0.4) is 0 Å². The lowest BCUT2D eigenvalue weighted by Gasteiger charge is -2.32. The summed E-state index contributed by atoms with van der Waals surface area (Å²) in [4.78, 5) is 5.08. The Balaban J connectivity index is 1.79. The van der Waals surface area contributed by atoms with Gasteiger partial charge in [-0.3, -0.25) is 10.3 Å². The molecule has 3 aromatic carbocycles. The van der Waals surface area contributed by atoms with E-state index in [-0.39, 0.29) is 18.0 Å². The van der Waals surface area contributed by atoms with E-state index in [4.69, 9.17) is 14.5 Å². The molecule has 0 spiro atoms. The maximum absolute atomic E-state index is 11.0. The maximum Gasteiger partial charge on any atom is 0.162 e. The molecule has 0 saturated carbocycles. The Bertz CT molecular complexity index is 1140. The highest BCUT2D eigenvalue weighted by Gasteiger charge is 2.30. The molecule has 6 heteroatoms. The summed E-state index contributed by atoms with van der Waals surface area (Å²) >= 11 is 3.58. The molecule has 0 unspecified atom stereocenters. The van der Waals surface area contributed by atoms with Crippen molar-refractivity contribution in [3.63, 3.8) is 0 Å². The van der Waals surface area contributed by atoms with Gasteiger partial charge in [0.25, 0.3) is 0 Å². The fourth-order valence-corrected chi connectivity index (χ4v) is 4.56. The molecule has 2 atom stereocenters. The molecule has 5 nitrogen and oxygen atoms in total. The lowest BCUT2D eigenvalue weighted by molar-refractivity contribution is 0.313. The van der Waals surface area contributed by atoms with Gasteiger partial charge in [0.15, 0.2) is 11.5 Å². The van der Waals surface area contributed by atoms with Gasteiger partial charge in [-0.1, -0.05) is 59.3 Å². The number of aryl methyl sites for hydroxylation is 1. The number of halogens is 1. The number of para-hydroxylation sites is 1. The Labute approximate surface area is 203 Å². The van der Waals surface area contributed by atoms with Gasteiger partial charge in [0.1, 0.15) is 11.9 Å². The average Bonchev–Trinajstić information content (AvgIpc) is 2.85. The van der Waals surface area contributed by atoms with Crippen LogP contribution in [0.25, 0.3) is 0 Å². The Morgan fingerprint density at radius 2 is 1.82 bits per heavy atom. The molecule has 172 valence electrons. The predicted octanol–water partition coefficient (Wildman–Crippen LogP) is 6.35. The summed E-state index contributed by atoms with van der Waals surface area (Å²) < 4.78 is 12.2. The molecule has 0 radical (unpaired) electrons. The Hall–Kier alpha value is -2.83. The lowest BCUT2D eigenvalue weighted by Crippen LogP contribution is -2.33. The number of hydrogen-bond acceptors (Lipinski definition) is 5. The normalized spacial score (nSPS) is 18.0. The summed E-state index contributed by atoms with van der Waals surface area (Å²) in [5.74, 6) is 1.41. The van der Waals surface area contributed by atoms with E-state index in [1.807, 2.05) is 37.3 Å². The van der Waals surface area contributed by atoms with Crippen molar-refractivity contribution in [3.05, 3.63) is 87.4 Å².